The van der Waals surface area contributed by atoms with Crippen molar-refractivity contribution >= 4 is 0 Å². The van der Waals surface area contributed by atoms with Gasteiger partial charge in [-0.1, -0.05) is 83.1 Å². The summed E-state index contributed by atoms with van der Waals surface area (Å²) in [6.45, 7) is 43.8. The molecule has 5 aromatic carbocycles. The van der Waals surface area contributed by atoms with E-state index in [9.17, 15) is 26.3 Å². The Kier molecular flexibility index (Phi) is 43.9. The first-order valence-electron chi connectivity index (χ1n) is 52.4. The standard InChI is InChI=1S/C24H39NO3.C23H34F3NO3.C22H32F3NO3.C22H35NO4.C22H35NO3/c1-16(2)9-19-13-25-8-7-18-11-23(26-5)24(27-6)12-21(18)22(25)10-20(19)15-28-14-17(3)4;1-15(2)9-17-13-27-7-5-16-11-21(28-3)22(29-4)12-19(16)20(27)10-18(17)14-30-8-6-23(24,25)26;1-14(2)7-16-11-26-6-5-15-9-20(27-3)21(28-4)10-18(15)19(26)8-17(16)12-29-13-22(23,24)25;1-15(2)8-17-12-23-7-6-16-10-21(25-4)22(26-5)11-19(16)20(23)9-18(17)13-27-14-24-3;1-6-26-14-18-10-20-19-12-22(25-5)21(24-4)11-16(19)7-8-23(20)13-17(18)9-15(2)3/h11-12,16-17,19-20,22H,7-10,13-15H2,1-6H3;11-12,15,17-18,20H,5-10,13-14H2,1-4H3;9-10,14,16-17,19H,5-8,11-13H2,1-4H3;10-11,15,17-18,20H,6-9,12-14H2,1-5H3;11-12,15,17-18,20H,6-10,13-14H2,1-5H3/t19-,20+,22-;17-,18+,20-;16-,17+,19-;2*17-,18+,20-/m11111/s1. The summed E-state index contributed by atoms with van der Waals surface area (Å²) in [7, 11) is 18.5. The van der Waals surface area contributed by atoms with Gasteiger partial charge in [0.1, 0.15) is 13.4 Å². The molecule has 0 spiro atoms. The first-order chi connectivity index (χ1) is 67.0. The summed E-state index contributed by atoms with van der Waals surface area (Å²) in [6.07, 6.45) is 6.92. The van der Waals surface area contributed by atoms with Gasteiger partial charge in [-0.25, -0.2) is 0 Å². The van der Waals surface area contributed by atoms with Gasteiger partial charge in [0.15, 0.2) is 57.5 Å². The Morgan fingerprint density at radius 1 is 0.279 bits per heavy atom. The van der Waals surface area contributed by atoms with E-state index in [2.05, 4.69) is 163 Å². The molecule has 5 aromatic rings. The van der Waals surface area contributed by atoms with Crippen LogP contribution in [0.25, 0.3) is 0 Å². The third-order valence-electron chi connectivity index (χ3n) is 31.1. The molecule has 790 valence electrons. The van der Waals surface area contributed by atoms with E-state index in [4.69, 9.17) is 75.8 Å². The summed E-state index contributed by atoms with van der Waals surface area (Å²) >= 11 is 0. The van der Waals surface area contributed by atoms with E-state index in [1.165, 1.54) is 101 Å². The van der Waals surface area contributed by atoms with Crippen LogP contribution in [0.2, 0.25) is 0 Å². The normalized spacial score (nSPS) is 25.0. The number of halogens is 6. The lowest BCUT2D eigenvalue weighted by molar-refractivity contribution is -0.179. The average Bonchev–Trinajstić information content (AvgIpc) is 0.783. The number of piperidine rings is 5. The molecule has 0 unspecified atom stereocenters. The van der Waals surface area contributed by atoms with Crippen LogP contribution in [0.15, 0.2) is 60.7 Å². The zero-order valence-corrected chi connectivity index (χ0v) is 89.4. The molecule has 15 rings (SSSR count). The Labute approximate surface area is 836 Å². The first-order valence-corrected chi connectivity index (χ1v) is 52.4. The van der Waals surface area contributed by atoms with Gasteiger partial charge in [-0.3, -0.25) is 24.5 Å². The number of nitrogens with zero attached hydrogens (tertiary/aromatic N) is 5. The fraction of sp³-hybridized carbons (Fsp3) is 0.735. The second-order valence-corrected chi connectivity index (χ2v) is 43.7. The molecule has 5 saturated heterocycles. The zero-order chi connectivity index (χ0) is 101. The molecular formula is C113H175F6N5O16. The topological polar surface area (TPSA) is 164 Å². The highest BCUT2D eigenvalue weighted by Gasteiger charge is 2.47. The van der Waals surface area contributed by atoms with Crippen LogP contribution >= 0.6 is 0 Å². The monoisotopic (exact) mass is 1970 g/mol. The molecule has 10 aliphatic rings. The summed E-state index contributed by atoms with van der Waals surface area (Å²) in [6, 6.07) is 23.2. The number of alkyl halides is 6. The van der Waals surface area contributed by atoms with Gasteiger partial charge in [-0.05, 0) is 314 Å². The molecule has 0 aliphatic carbocycles. The summed E-state index contributed by atoms with van der Waals surface area (Å²) in [5, 5.41) is 0. The molecular weight excluding hydrogens is 1800 g/mol. The number of fused-ring (bicyclic) bond motifs is 15. The number of benzene rings is 5. The molecule has 0 bridgehead atoms. The quantitative estimate of drug-likeness (QED) is 0.0208. The first kappa shape index (κ1) is 114. The van der Waals surface area contributed by atoms with Gasteiger partial charge >= 0.3 is 12.4 Å². The predicted molar refractivity (Wildman–Crippen MR) is 541 cm³/mol. The van der Waals surface area contributed by atoms with Crippen molar-refractivity contribution in [2.24, 2.45) is 94.7 Å². The molecule has 10 heterocycles. The highest BCUT2D eigenvalue weighted by atomic mass is 19.4. The predicted octanol–water partition coefficient (Wildman–Crippen LogP) is 23.3. The second kappa shape index (κ2) is 54.1. The van der Waals surface area contributed by atoms with Crippen LogP contribution in [0.1, 0.15) is 246 Å². The van der Waals surface area contributed by atoms with Crippen molar-refractivity contribution in [3.63, 3.8) is 0 Å². The van der Waals surface area contributed by atoms with Crippen molar-refractivity contribution in [2.75, 3.05) is 210 Å². The van der Waals surface area contributed by atoms with Crippen LogP contribution < -0.4 is 47.4 Å². The molecule has 5 fully saturated rings. The molecule has 21 nitrogen and oxygen atoms in total. The SMILES string of the molecule is CCOC[C@@H]1C[C@@H]2c3cc(OC)c(OC)cc3CCN2C[C@H]1CC(C)C.COCOC[C@@H]1C[C@@H]2c3cc(OC)c(OC)cc3CCN2C[C@H]1CC(C)C.COc1cc2c(cc1OC)[C@H]1C[C@@H](COCC(C)C)[C@H](CC(C)C)CN1CC2.COc1cc2c(cc1OC)[C@H]1C[C@@H](COCC(F)(F)F)[C@H](CC(C)C)CN1CC2.COc1cc2c(cc1OC)[C@H]1C[C@@H](COCCC(F)(F)F)[C@H](CC(C)C)CN1CC2. The van der Waals surface area contributed by atoms with E-state index in [0.717, 1.165) is 225 Å². The Bertz CT molecular complexity index is 4570. The van der Waals surface area contributed by atoms with Crippen molar-refractivity contribution < 1.29 is 102 Å². The fourth-order valence-corrected chi connectivity index (χ4v) is 24.7. The highest BCUT2D eigenvalue weighted by molar-refractivity contribution is 5.54. The van der Waals surface area contributed by atoms with Gasteiger partial charge in [-0.15, -0.1) is 0 Å². The smallest absolute Gasteiger partial charge is 0.411 e. The van der Waals surface area contributed by atoms with E-state index in [1.54, 1.807) is 78.2 Å². The van der Waals surface area contributed by atoms with Crippen LogP contribution in [-0.4, -0.2) is 247 Å². The van der Waals surface area contributed by atoms with Gasteiger partial charge in [0, 0.05) is 136 Å². The minimum Gasteiger partial charge on any atom is -0.493 e. The molecule has 0 saturated carbocycles. The maximum atomic E-state index is 12.6. The van der Waals surface area contributed by atoms with Gasteiger partial charge in [0.2, 0.25) is 0 Å². The number of rotatable bonds is 38. The van der Waals surface area contributed by atoms with Gasteiger partial charge in [-0.2, -0.15) is 26.3 Å². The van der Waals surface area contributed by atoms with Crippen LogP contribution in [0, 0.1) is 94.7 Å². The van der Waals surface area contributed by atoms with Gasteiger partial charge < -0.3 is 75.8 Å². The number of hydrogen-bond acceptors (Lipinski definition) is 21. The molecule has 0 aromatic heterocycles. The van der Waals surface area contributed by atoms with Crippen LogP contribution in [-0.2, 0) is 60.5 Å². The number of methoxy groups -OCH3 is 11. The van der Waals surface area contributed by atoms with E-state index in [1.807, 2.05) is 12.1 Å². The molecule has 0 radical (unpaired) electrons. The Morgan fingerprint density at radius 2 is 0.507 bits per heavy atom. The van der Waals surface area contributed by atoms with Gasteiger partial charge in [0.05, 0.1) is 97.3 Å². The zero-order valence-electron chi connectivity index (χ0n) is 89.4. The molecule has 27 heteroatoms. The maximum absolute atomic E-state index is 12.6. The van der Waals surface area contributed by atoms with Crippen molar-refractivity contribution in [2.45, 2.75) is 235 Å². The summed E-state index contributed by atoms with van der Waals surface area (Å²) < 4.78 is 164. The second-order valence-electron chi connectivity index (χ2n) is 43.7. The van der Waals surface area contributed by atoms with Crippen molar-refractivity contribution in [3.8, 4) is 57.5 Å². The average molecular weight is 1970 g/mol. The molecule has 0 amide bonds. The van der Waals surface area contributed by atoms with Gasteiger partial charge in [0.25, 0.3) is 0 Å². The van der Waals surface area contributed by atoms with Crippen molar-refractivity contribution in [1.82, 2.24) is 24.5 Å². The van der Waals surface area contributed by atoms with E-state index in [-0.39, 0.29) is 37.1 Å². The summed E-state index contributed by atoms with van der Waals surface area (Å²) in [4.78, 5) is 13.1. The van der Waals surface area contributed by atoms with Crippen LogP contribution in [0.5, 0.6) is 57.5 Å². The molecule has 140 heavy (non-hydrogen) atoms. The van der Waals surface area contributed by atoms with E-state index >= 15 is 0 Å². The lowest BCUT2D eigenvalue weighted by Gasteiger charge is -2.47. The molecule has 15 atom stereocenters. The van der Waals surface area contributed by atoms with E-state index < -0.39 is 25.4 Å². The molecule has 10 aliphatic heterocycles. The Balaban J connectivity index is 0.000000168. The minimum atomic E-state index is -4.28. The van der Waals surface area contributed by atoms with Crippen LogP contribution in [0.4, 0.5) is 26.3 Å². The Morgan fingerprint density at radius 3 is 0.721 bits per heavy atom. The summed E-state index contributed by atoms with van der Waals surface area (Å²) in [5.74, 6) is 16.9. The third kappa shape index (κ3) is 30.9. The third-order valence-corrected chi connectivity index (χ3v) is 31.1. The fourth-order valence-electron chi connectivity index (χ4n) is 24.7. The molecule has 0 N–H and O–H groups in total. The maximum Gasteiger partial charge on any atom is 0.411 e. The Hall–Kier alpha value is -6.76. The lowest BCUT2D eigenvalue weighted by atomic mass is 9.74. The van der Waals surface area contributed by atoms with Crippen LogP contribution in [0.3, 0.4) is 0 Å². The highest BCUT2D eigenvalue weighted by Crippen LogP contribution is 2.53. The largest absolute Gasteiger partial charge is 0.493 e. The lowest BCUT2D eigenvalue weighted by Crippen LogP contribution is -2.47. The summed E-state index contributed by atoms with van der Waals surface area (Å²) in [5.41, 5.74) is 13.5. The minimum absolute atomic E-state index is 0.111. The number of ether oxygens (including phenoxy) is 16. The van der Waals surface area contributed by atoms with Crippen molar-refractivity contribution in [1.29, 1.82) is 0 Å². The van der Waals surface area contributed by atoms with Crippen molar-refractivity contribution in [3.05, 3.63) is 116 Å². The number of hydrogen-bond donors (Lipinski definition) is 0. The van der Waals surface area contributed by atoms with E-state index in [0.29, 0.717) is 96.5 Å².